The first-order valence-corrected chi connectivity index (χ1v) is 5.91. The van der Waals surface area contributed by atoms with Crippen LogP contribution >= 0.6 is 11.8 Å². The number of benzene rings is 1. The van der Waals surface area contributed by atoms with E-state index in [-0.39, 0.29) is 12.4 Å². The second-order valence-electron chi connectivity index (χ2n) is 3.42. The topological polar surface area (TPSA) is 43.4 Å². The van der Waals surface area contributed by atoms with Crippen LogP contribution in [-0.4, -0.2) is 24.1 Å². The summed E-state index contributed by atoms with van der Waals surface area (Å²) in [5, 5.41) is 0. The first kappa shape index (κ1) is 12.8. The average Bonchev–Trinajstić information content (AvgIpc) is 2.25. The molecule has 0 radical (unpaired) electrons. The predicted octanol–water partition coefficient (Wildman–Crippen LogP) is 2.22. The number of ketones is 1. The van der Waals surface area contributed by atoms with Crippen molar-refractivity contribution in [3.63, 3.8) is 0 Å². The Balaban J connectivity index is 2.31. The Morgan fingerprint density at radius 2 is 1.88 bits per heavy atom. The number of Topliss-reactive ketones (excluding diaryl/α,β-unsaturated/α-hetero) is 1. The number of esters is 1. The van der Waals surface area contributed by atoms with E-state index in [1.165, 1.54) is 24.2 Å². The zero-order chi connectivity index (χ0) is 12.0. The lowest BCUT2D eigenvalue weighted by molar-refractivity contribution is -0.145. The Morgan fingerprint density at radius 1 is 1.25 bits per heavy atom. The summed E-state index contributed by atoms with van der Waals surface area (Å²) in [6, 6.07) is 7.94. The first-order valence-electron chi connectivity index (χ1n) is 4.92. The summed E-state index contributed by atoms with van der Waals surface area (Å²) in [5.41, 5.74) is 1.19. The van der Waals surface area contributed by atoms with Gasteiger partial charge in [-0.25, -0.2) is 0 Å². The molecule has 0 atom stereocenters. The minimum atomic E-state index is -0.423. The Kier molecular flexibility index (Phi) is 5.05. The molecule has 16 heavy (non-hydrogen) atoms. The summed E-state index contributed by atoms with van der Waals surface area (Å²) in [6.07, 6.45) is 0. The van der Waals surface area contributed by atoms with Crippen LogP contribution in [0.3, 0.4) is 0 Å². The minimum absolute atomic E-state index is 0.0826. The zero-order valence-electron chi connectivity index (χ0n) is 9.36. The number of hydrogen-bond acceptors (Lipinski definition) is 4. The monoisotopic (exact) mass is 238 g/mol. The summed E-state index contributed by atoms with van der Waals surface area (Å²) in [5.74, 6) is -0.175. The summed E-state index contributed by atoms with van der Waals surface area (Å²) < 4.78 is 4.61. The van der Waals surface area contributed by atoms with Gasteiger partial charge < -0.3 is 4.74 Å². The molecule has 0 aliphatic rings. The van der Waals surface area contributed by atoms with E-state index in [4.69, 9.17) is 0 Å². The lowest BCUT2D eigenvalue weighted by Gasteiger charge is -2.02. The van der Waals surface area contributed by atoms with E-state index in [0.717, 1.165) is 4.90 Å². The molecule has 0 unspecified atom stereocenters. The Labute approximate surface area is 99.2 Å². The fourth-order valence-electron chi connectivity index (χ4n) is 1.02. The van der Waals surface area contributed by atoms with Crippen LogP contribution in [0.15, 0.2) is 29.2 Å². The van der Waals surface area contributed by atoms with Crippen LogP contribution in [0.4, 0.5) is 0 Å². The van der Waals surface area contributed by atoms with Crippen LogP contribution in [0.5, 0.6) is 0 Å². The summed E-state index contributed by atoms with van der Waals surface area (Å²) in [7, 11) is 0. The third-order valence-corrected chi connectivity index (χ3v) is 2.93. The average molecular weight is 238 g/mol. The molecule has 1 aromatic rings. The van der Waals surface area contributed by atoms with Gasteiger partial charge in [-0.05, 0) is 19.1 Å². The molecular formula is C12H14O3S. The Morgan fingerprint density at radius 3 is 2.44 bits per heavy atom. The number of thioether (sulfide) groups is 1. The highest BCUT2D eigenvalue weighted by atomic mass is 32.2. The van der Waals surface area contributed by atoms with E-state index < -0.39 is 5.97 Å². The summed E-state index contributed by atoms with van der Waals surface area (Å²) in [4.78, 5) is 22.8. The second kappa shape index (κ2) is 6.33. The molecule has 0 N–H and O–H groups in total. The normalized spacial score (nSPS) is 9.88. The van der Waals surface area contributed by atoms with Gasteiger partial charge in [-0.1, -0.05) is 17.7 Å². The predicted molar refractivity (Wildman–Crippen MR) is 63.5 cm³/mol. The highest BCUT2D eigenvalue weighted by molar-refractivity contribution is 8.00. The molecule has 0 aromatic heterocycles. The molecule has 0 fully saturated rings. The molecule has 1 aromatic carbocycles. The molecule has 0 saturated carbocycles. The highest BCUT2D eigenvalue weighted by Gasteiger charge is 2.05. The molecule has 0 aliphatic carbocycles. The van der Waals surface area contributed by atoms with Crippen molar-refractivity contribution in [1.29, 1.82) is 0 Å². The molecule has 0 aliphatic heterocycles. The fraction of sp³-hybridized carbons (Fsp3) is 0.333. The largest absolute Gasteiger partial charge is 0.458 e. The maximum Gasteiger partial charge on any atom is 0.303 e. The molecule has 0 bridgehead atoms. The van der Waals surface area contributed by atoms with Crippen molar-refractivity contribution in [2.24, 2.45) is 0 Å². The van der Waals surface area contributed by atoms with E-state index in [1.54, 1.807) is 0 Å². The zero-order valence-corrected chi connectivity index (χ0v) is 10.2. The number of hydrogen-bond donors (Lipinski definition) is 0. The van der Waals surface area contributed by atoms with Crippen LogP contribution in [0.1, 0.15) is 12.5 Å². The van der Waals surface area contributed by atoms with Crippen molar-refractivity contribution in [1.82, 2.24) is 0 Å². The van der Waals surface area contributed by atoms with E-state index in [9.17, 15) is 9.59 Å². The maximum absolute atomic E-state index is 11.3. The van der Waals surface area contributed by atoms with E-state index >= 15 is 0 Å². The van der Waals surface area contributed by atoms with Gasteiger partial charge in [-0.3, -0.25) is 9.59 Å². The van der Waals surface area contributed by atoms with Gasteiger partial charge in [0.25, 0.3) is 0 Å². The second-order valence-corrected chi connectivity index (χ2v) is 4.47. The van der Waals surface area contributed by atoms with Gasteiger partial charge in [0, 0.05) is 11.8 Å². The van der Waals surface area contributed by atoms with E-state index in [2.05, 4.69) is 4.74 Å². The molecule has 0 saturated heterocycles. The Hall–Kier alpha value is -1.29. The van der Waals surface area contributed by atoms with Gasteiger partial charge in [0.2, 0.25) is 0 Å². The van der Waals surface area contributed by atoms with Crippen molar-refractivity contribution in [3.05, 3.63) is 29.8 Å². The summed E-state index contributed by atoms with van der Waals surface area (Å²) >= 11 is 1.45. The van der Waals surface area contributed by atoms with Gasteiger partial charge in [-0.2, -0.15) is 0 Å². The van der Waals surface area contributed by atoms with Crippen molar-refractivity contribution in [3.8, 4) is 0 Å². The SMILES string of the molecule is CC(=O)OCC(=O)CSc1ccc(C)cc1. The molecule has 0 amide bonds. The number of rotatable bonds is 5. The standard InChI is InChI=1S/C12H14O3S/c1-9-3-5-12(6-4-9)16-8-11(14)7-15-10(2)13/h3-6H,7-8H2,1-2H3. The third kappa shape index (κ3) is 4.98. The molecule has 4 heteroatoms. The van der Waals surface area contributed by atoms with Crippen LogP contribution in [0.2, 0.25) is 0 Å². The van der Waals surface area contributed by atoms with Gasteiger partial charge in [0.1, 0.15) is 0 Å². The lowest BCUT2D eigenvalue weighted by Crippen LogP contribution is -2.13. The van der Waals surface area contributed by atoms with E-state index in [1.807, 2.05) is 31.2 Å². The van der Waals surface area contributed by atoms with Gasteiger partial charge in [0.15, 0.2) is 12.4 Å². The van der Waals surface area contributed by atoms with Crippen LogP contribution in [0.25, 0.3) is 0 Å². The number of ether oxygens (including phenoxy) is 1. The summed E-state index contributed by atoms with van der Waals surface area (Å²) in [6.45, 7) is 3.18. The number of carbonyl (C=O) groups is 2. The number of carbonyl (C=O) groups excluding carboxylic acids is 2. The molecule has 86 valence electrons. The van der Waals surface area contributed by atoms with Crippen molar-refractivity contribution in [2.75, 3.05) is 12.4 Å². The fourth-order valence-corrected chi connectivity index (χ4v) is 1.76. The molecule has 1 rings (SSSR count). The minimum Gasteiger partial charge on any atom is -0.458 e. The van der Waals surface area contributed by atoms with Crippen molar-refractivity contribution >= 4 is 23.5 Å². The quantitative estimate of drug-likeness (QED) is 0.582. The molecule has 0 spiro atoms. The van der Waals surface area contributed by atoms with Crippen LogP contribution in [0, 0.1) is 6.92 Å². The van der Waals surface area contributed by atoms with Gasteiger partial charge in [0.05, 0.1) is 5.75 Å². The van der Waals surface area contributed by atoms with Crippen molar-refractivity contribution < 1.29 is 14.3 Å². The van der Waals surface area contributed by atoms with Gasteiger partial charge in [-0.15, -0.1) is 11.8 Å². The third-order valence-electron chi connectivity index (χ3n) is 1.86. The first-order chi connectivity index (χ1) is 7.58. The van der Waals surface area contributed by atoms with Crippen molar-refractivity contribution in [2.45, 2.75) is 18.7 Å². The highest BCUT2D eigenvalue weighted by Crippen LogP contribution is 2.17. The van der Waals surface area contributed by atoms with Gasteiger partial charge >= 0.3 is 5.97 Å². The molecule has 3 nitrogen and oxygen atoms in total. The van der Waals surface area contributed by atoms with Crippen LogP contribution in [-0.2, 0) is 14.3 Å². The number of aryl methyl sites for hydroxylation is 1. The lowest BCUT2D eigenvalue weighted by atomic mass is 10.2. The molecular weight excluding hydrogens is 224 g/mol. The molecule has 0 heterocycles. The smallest absolute Gasteiger partial charge is 0.303 e. The van der Waals surface area contributed by atoms with Crippen LogP contribution < -0.4 is 0 Å². The Bertz CT molecular complexity index is 370. The van der Waals surface area contributed by atoms with E-state index in [0.29, 0.717) is 5.75 Å². The maximum atomic E-state index is 11.3.